The van der Waals surface area contributed by atoms with E-state index in [9.17, 15) is 38.4 Å². The van der Waals surface area contributed by atoms with Gasteiger partial charge in [-0.3, -0.25) is 19.6 Å². The van der Waals surface area contributed by atoms with Crippen molar-refractivity contribution in [3.05, 3.63) is 65.5 Å². The minimum Gasteiger partial charge on any atom is -0.494 e. The van der Waals surface area contributed by atoms with Crippen LogP contribution in [0.5, 0.6) is 23.3 Å². The molecule has 5 aromatic rings. The van der Waals surface area contributed by atoms with Crippen molar-refractivity contribution >= 4 is 44.8 Å². The summed E-state index contributed by atoms with van der Waals surface area (Å²) >= 11 is 0. The number of fused-ring (bicyclic) bond motifs is 2. The molecule has 350 valence electrons. The van der Waals surface area contributed by atoms with Crippen molar-refractivity contribution in [2.45, 2.75) is 83.1 Å². The molecule has 2 saturated heterocycles. The van der Waals surface area contributed by atoms with Crippen LogP contribution in [0.1, 0.15) is 74.5 Å². The van der Waals surface area contributed by atoms with Crippen molar-refractivity contribution in [2.75, 3.05) is 76.0 Å². The van der Waals surface area contributed by atoms with Crippen LogP contribution in [-0.2, 0) is 11.0 Å². The Balaban J connectivity index is 0.843. The average molecular weight is 906 g/mol. The second-order valence-electron chi connectivity index (χ2n) is 17.9. The molecule has 4 atom stereocenters. The van der Waals surface area contributed by atoms with Gasteiger partial charge >= 0.3 is 6.18 Å². The van der Waals surface area contributed by atoms with Crippen LogP contribution in [0.25, 0.3) is 21.7 Å². The van der Waals surface area contributed by atoms with Crippen molar-refractivity contribution in [3.8, 4) is 23.3 Å². The highest BCUT2D eigenvalue weighted by atomic mass is 19.4. The van der Waals surface area contributed by atoms with Crippen molar-refractivity contribution in [1.29, 1.82) is 0 Å². The van der Waals surface area contributed by atoms with Gasteiger partial charge < -0.3 is 50.8 Å². The molecule has 16 nitrogen and oxygen atoms in total. The average Bonchev–Trinajstić information content (AvgIpc) is 3.98. The van der Waals surface area contributed by atoms with E-state index in [0.29, 0.717) is 102 Å². The predicted octanol–water partition coefficient (Wildman–Crippen LogP) is 5.87. The molecule has 0 bridgehead atoms. The summed E-state index contributed by atoms with van der Waals surface area (Å²) < 4.78 is 54.2. The maximum atomic E-state index is 13.6. The number of aryl methyl sites for hydroxylation is 1. The molecule has 3 aromatic carbocycles. The number of carbonyl (C=O) groups excluding carboxylic acids is 1. The lowest BCUT2D eigenvalue weighted by Gasteiger charge is -2.36. The lowest BCUT2D eigenvalue weighted by Crippen LogP contribution is -2.48. The van der Waals surface area contributed by atoms with Gasteiger partial charge in [-0.15, -0.1) is 0 Å². The van der Waals surface area contributed by atoms with Crippen LogP contribution < -0.4 is 30.7 Å². The molecule has 8 rings (SSSR count). The second kappa shape index (κ2) is 18.3. The molecule has 3 unspecified atom stereocenters. The van der Waals surface area contributed by atoms with Gasteiger partial charge in [-0.05, 0) is 94.5 Å². The number of ether oxygens (including phenoxy) is 2. The van der Waals surface area contributed by atoms with Crippen LogP contribution in [0.15, 0.2) is 48.5 Å². The Labute approximate surface area is 374 Å². The molecule has 2 aliphatic heterocycles. The van der Waals surface area contributed by atoms with Gasteiger partial charge in [0, 0.05) is 74.1 Å². The number of aliphatic hydroxyl groups is 2. The highest BCUT2D eigenvalue weighted by Crippen LogP contribution is 2.48. The van der Waals surface area contributed by atoms with E-state index in [2.05, 4.69) is 30.4 Å². The number of anilines is 3. The van der Waals surface area contributed by atoms with Gasteiger partial charge in [0.1, 0.15) is 24.1 Å². The van der Waals surface area contributed by atoms with E-state index < -0.39 is 36.3 Å². The molecule has 3 fully saturated rings. The van der Waals surface area contributed by atoms with Gasteiger partial charge in [-0.1, -0.05) is 6.07 Å². The Morgan fingerprint density at radius 1 is 1.03 bits per heavy atom. The fourth-order valence-corrected chi connectivity index (χ4v) is 9.26. The first-order valence-electron chi connectivity index (χ1n) is 22.1. The number of hydrogen-bond donors (Lipinski definition) is 7. The zero-order valence-corrected chi connectivity index (χ0v) is 37.0. The number of nitrogen functional groups attached to an aromatic ring is 1. The van der Waals surface area contributed by atoms with E-state index in [1.54, 1.807) is 36.9 Å². The number of piperazine rings is 1. The monoisotopic (exact) mass is 905 g/mol. The van der Waals surface area contributed by atoms with Crippen molar-refractivity contribution < 1.29 is 47.9 Å². The number of nitrogens with two attached hydrogens (primary N) is 1. The summed E-state index contributed by atoms with van der Waals surface area (Å²) in [5.74, 6) is 1.59. The molecule has 8 N–H and O–H groups in total. The zero-order valence-electron chi connectivity index (χ0n) is 37.0. The van der Waals surface area contributed by atoms with Crippen molar-refractivity contribution in [2.24, 2.45) is 5.41 Å². The van der Waals surface area contributed by atoms with Gasteiger partial charge in [0.2, 0.25) is 17.7 Å². The summed E-state index contributed by atoms with van der Waals surface area (Å²) in [6, 6.07) is 11.3. The van der Waals surface area contributed by atoms with Gasteiger partial charge in [0.05, 0.1) is 48.0 Å². The van der Waals surface area contributed by atoms with Gasteiger partial charge in [0.25, 0.3) is 0 Å². The first-order chi connectivity index (χ1) is 30.9. The minimum absolute atomic E-state index is 0.00462. The number of rotatable bonds is 15. The van der Waals surface area contributed by atoms with E-state index in [-0.39, 0.29) is 28.8 Å². The number of halogens is 3. The maximum absolute atomic E-state index is 13.6. The molecule has 2 aromatic heterocycles. The molecule has 0 radical (unpaired) electrons. The Bertz CT molecular complexity index is 2540. The Kier molecular flexibility index (Phi) is 12.9. The number of methoxy groups -OCH3 is 1. The highest BCUT2D eigenvalue weighted by molar-refractivity contribution is 6.02. The molecule has 1 aliphatic carbocycles. The summed E-state index contributed by atoms with van der Waals surface area (Å²) in [6.07, 6.45) is -2.95. The minimum atomic E-state index is -4.55. The van der Waals surface area contributed by atoms with Gasteiger partial charge in [-0.25, -0.2) is 9.97 Å². The molecular formula is C46H58F3N9O7. The van der Waals surface area contributed by atoms with E-state index in [4.69, 9.17) is 15.2 Å². The first kappa shape index (κ1) is 45.8. The van der Waals surface area contributed by atoms with Crippen LogP contribution >= 0.6 is 0 Å². The summed E-state index contributed by atoms with van der Waals surface area (Å²) in [5.41, 5.74) is 6.50. The Morgan fingerprint density at radius 2 is 1.78 bits per heavy atom. The summed E-state index contributed by atoms with van der Waals surface area (Å²) in [6.45, 7) is 7.95. The molecular weight excluding hydrogens is 848 g/mol. The van der Waals surface area contributed by atoms with Crippen LogP contribution in [0.2, 0.25) is 0 Å². The number of nitrogens with zero attached hydrogens (tertiary/aromatic N) is 6. The smallest absolute Gasteiger partial charge is 0.416 e. The molecule has 65 heavy (non-hydrogen) atoms. The van der Waals surface area contributed by atoms with Crippen LogP contribution in [0, 0.1) is 12.3 Å². The third kappa shape index (κ3) is 9.78. The molecule has 1 amide bonds. The standard InChI is InChI=1S/C46H58F3N9O7/c1-26(28-19-29(46(47,48)49)21-30(50)20-28)51-41-32-22-37(36(64-4)23-33(32)52-27(2)53-41)65-25-45(12-13-45)24-55(3)39(60)9-6-14-56-15-17-57(18-16-56)34-8-5-7-31-40(34)44(63)58(43(31)62)35-10-11-38(59)54-42(35)61/h5,7-8,19-23,26,35,38,42,54,59,61-63H,6,9-18,24-25,50H2,1-4H3,(H,51,52,53)/t26-,35?,38?,42?/m1/s1. The number of alkyl halides is 3. The number of piperidine rings is 1. The van der Waals surface area contributed by atoms with Crippen molar-refractivity contribution in [1.82, 2.24) is 29.7 Å². The van der Waals surface area contributed by atoms with Crippen LogP contribution in [0.3, 0.4) is 0 Å². The lowest BCUT2D eigenvalue weighted by molar-refractivity contribution is -0.137. The molecule has 3 aliphatic rings. The van der Waals surface area contributed by atoms with Crippen molar-refractivity contribution in [3.63, 3.8) is 0 Å². The molecule has 0 spiro atoms. The third-order valence-electron chi connectivity index (χ3n) is 13.1. The lowest BCUT2D eigenvalue weighted by atomic mass is 10.0. The quantitative estimate of drug-likeness (QED) is 0.0614. The number of amides is 1. The number of aromatic hydroxyl groups is 2. The summed E-state index contributed by atoms with van der Waals surface area (Å²) in [5, 5.41) is 50.5. The number of aromatic nitrogens is 3. The van der Waals surface area contributed by atoms with E-state index in [0.717, 1.165) is 50.3 Å². The molecule has 4 heterocycles. The fraction of sp³-hybridized carbons (Fsp3) is 0.500. The largest absolute Gasteiger partial charge is 0.494 e. The van der Waals surface area contributed by atoms with E-state index >= 15 is 0 Å². The number of carbonyl (C=O) groups is 1. The predicted molar refractivity (Wildman–Crippen MR) is 240 cm³/mol. The first-order valence-corrected chi connectivity index (χ1v) is 22.1. The van der Waals surface area contributed by atoms with Crippen LogP contribution in [0.4, 0.5) is 30.4 Å². The Hall–Kier alpha value is -5.76. The second-order valence-corrected chi connectivity index (χ2v) is 17.9. The molecule has 1 saturated carbocycles. The van der Waals surface area contributed by atoms with E-state index in [1.165, 1.54) is 17.7 Å². The summed E-state index contributed by atoms with van der Waals surface area (Å²) in [4.78, 5) is 28.9. The SMILES string of the molecule is COc1cc2nc(C)nc(N[C@H](C)c3cc(N)cc(C(F)(F)F)c3)c2cc1OCC1(CN(C)C(=O)CCCN2CCN(c3cccc4c(O)n(C5CCC(O)NC5O)c(O)c34)CC2)CC1. The number of benzene rings is 3. The normalized spacial score (nSPS) is 20.5. The van der Waals surface area contributed by atoms with E-state index in [1.807, 2.05) is 19.2 Å². The topological polar surface area (TPSA) is 207 Å². The Morgan fingerprint density at radius 3 is 2.48 bits per heavy atom. The zero-order chi connectivity index (χ0) is 46.4. The van der Waals surface area contributed by atoms with Gasteiger partial charge in [0.15, 0.2) is 11.5 Å². The third-order valence-corrected chi connectivity index (χ3v) is 13.1. The van der Waals surface area contributed by atoms with Gasteiger partial charge in [-0.2, -0.15) is 13.2 Å². The highest BCUT2D eigenvalue weighted by Gasteiger charge is 2.45. The fourth-order valence-electron chi connectivity index (χ4n) is 9.26. The number of aliphatic hydroxyl groups excluding tert-OH is 2. The molecule has 19 heteroatoms. The maximum Gasteiger partial charge on any atom is 0.416 e. The number of hydrogen-bond acceptors (Lipinski definition) is 14. The van der Waals surface area contributed by atoms with Crippen LogP contribution in [-0.4, -0.2) is 123 Å². The summed E-state index contributed by atoms with van der Waals surface area (Å²) in [7, 11) is 3.36. The number of nitrogens with one attached hydrogen (secondary N) is 2.